The fourth-order valence-corrected chi connectivity index (χ4v) is 4.47. The predicted octanol–water partition coefficient (Wildman–Crippen LogP) is 4.49. The van der Waals surface area contributed by atoms with Crippen molar-refractivity contribution >= 4 is 38.9 Å². The standard InChI is InChI=1S/C17H18Cl2FNO3S/c1-12(3-2-10-22)21(17-9-6-14(19)11-16(17)20)25(23,24)15-7-4-13(18)5-8-15/h4-9,11-12,22H,2-3,10H2,1H3/t12-/m1/s1. The van der Waals surface area contributed by atoms with Crippen molar-refractivity contribution in [3.05, 3.63) is 58.3 Å². The van der Waals surface area contributed by atoms with E-state index in [4.69, 9.17) is 28.3 Å². The quantitative estimate of drug-likeness (QED) is 0.737. The summed E-state index contributed by atoms with van der Waals surface area (Å²) in [4.78, 5) is 0.00194. The fraction of sp³-hybridized carbons (Fsp3) is 0.294. The molecule has 0 heterocycles. The minimum Gasteiger partial charge on any atom is -0.396 e. The van der Waals surface area contributed by atoms with Crippen molar-refractivity contribution in [2.75, 3.05) is 10.9 Å². The lowest BCUT2D eigenvalue weighted by Crippen LogP contribution is -2.39. The molecule has 1 atom stereocenters. The topological polar surface area (TPSA) is 57.6 Å². The maximum absolute atomic E-state index is 14.4. The van der Waals surface area contributed by atoms with Crippen LogP contribution in [0.4, 0.5) is 10.1 Å². The lowest BCUT2D eigenvalue weighted by atomic mass is 10.1. The molecule has 2 aromatic rings. The Morgan fingerprint density at radius 3 is 2.28 bits per heavy atom. The van der Waals surface area contributed by atoms with Crippen LogP contribution in [0.25, 0.3) is 0 Å². The number of nitrogens with zero attached hydrogens (tertiary/aromatic N) is 1. The van der Waals surface area contributed by atoms with Gasteiger partial charge in [0.1, 0.15) is 5.82 Å². The monoisotopic (exact) mass is 405 g/mol. The summed E-state index contributed by atoms with van der Waals surface area (Å²) in [5.41, 5.74) is -0.0928. The Morgan fingerprint density at radius 1 is 1.12 bits per heavy atom. The van der Waals surface area contributed by atoms with Gasteiger partial charge in [-0.3, -0.25) is 4.31 Å². The van der Waals surface area contributed by atoms with E-state index in [0.717, 1.165) is 10.4 Å². The fourth-order valence-electron chi connectivity index (χ4n) is 2.49. The van der Waals surface area contributed by atoms with Crippen molar-refractivity contribution in [3.63, 3.8) is 0 Å². The van der Waals surface area contributed by atoms with E-state index in [1.807, 2.05) is 0 Å². The molecular weight excluding hydrogens is 388 g/mol. The second-order valence-electron chi connectivity index (χ2n) is 5.57. The Morgan fingerprint density at radius 2 is 1.72 bits per heavy atom. The van der Waals surface area contributed by atoms with E-state index in [-0.39, 0.29) is 22.2 Å². The van der Waals surface area contributed by atoms with Gasteiger partial charge < -0.3 is 5.11 Å². The average molecular weight is 406 g/mol. The van der Waals surface area contributed by atoms with Gasteiger partial charge >= 0.3 is 0 Å². The highest BCUT2D eigenvalue weighted by molar-refractivity contribution is 7.92. The van der Waals surface area contributed by atoms with Gasteiger partial charge in [-0.1, -0.05) is 23.2 Å². The van der Waals surface area contributed by atoms with Crippen LogP contribution in [0.15, 0.2) is 47.4 Å². The molecule has 8 heteroatoms. The highest BCUT2D eigenvalue weighted by Gasteiger charge is 2.31. The first-order valence-electron chi connectivity index (χ1n) is 7.63. The van der Waals surface area contributed by atoms with Crippen molar-refractivity contribution < 1.29 is 17.9 Å². The first-order chi connectivity index (χ1) is 11.8. The Kier molecular flexibility index (Phi) is 6.68. The van der Waals surface area contributed by atoms with Crippen LogP contribution in [0.3, 0.4) is 0 Å². The molecule has 25 heavy (non-hydrogen) atoms. The lowest BCUT2D eigenvalue weighted by Gasteiger charge is -2.31. The van der Waals surface area contributed by atoms with Crippen LogP contribution in [0.5, 0.6) is 0 Å². The van der Waals surface area contributed by atoms with Crippen molar-refractivity contribution in [1.29, 1.82) is 0 Å². The molecule has 0 aromatic heterocycles. The largest absolute Gasteiger partial charge is 0.396 e. The van der Waals surface area contributed by atoms with Gasteiger partial charge in [-0.2, -0.15) is 0 Å². The first kappa shape index (κ1) is 20.0. The van der Waals surface area contributed by atoms with Crippen LogP contribution >= 0.6 is 23.2 Å². The number of aliphatic hydroxyl groups is 1. The Balaban J connectivity index is 2.55. The molecule has 136 valence electrons. The van der Waals surface area contributed by atoms with E-state index < -0.39 is 21.9 Å². The summed E-state index contributed by atoms with van der Waals surface area (Å²) in [7, 11) is -4.03. The van der Waals surface area contributed by atoms with Gasteiger partial charge in [0.15, 0.2) is 0 Å². The summed E-state index contributed by atoms with van der Waals surface area (Å²) in [5, 5.41) is 9.61. The van der Waals surface area contributed by atoms with E-state index in [0.29, 0.717) is 17.9 Å². The number of hydrogen-bond acceptors (Lipinski definition) is 3. The zero-order valence-electron chi connectivity index (χ0n) is 13.5. The van der Waals surface area contributed by atoms with Gasteiger partial charge in [0.05, 0.1) is 10.6 Å². The molecule has 0 aliphatic carbocycles. The Bertz CT molecular complexity index is 828. The number of anilines is 1. The number of benzene rings is 2. The van der Waals surface area contributed by atoms with Crippen LogP contribution in [-0.4, -0.2) is 26.2 Å². The van der Waals surface area contributed by atoms with Crippen molar-refractivity contribution in [1.82, 2.24) is 0 Å². The normalized spacial score (nSPS) is 12.8. The third kappa shape index (κ3) is 4.64. The van der Waals surface area contributed by atoms with Crippen molar-refractivity contribution in [3.8, 4) is 0 Å². The highest BCUT2D eigenvalue weighted by atomic mass is 35.5. The molecule has 0 aliphatic heterocycles. The number of aliphatic hydroxyl groups excluding tert-OH is 1. The van der Waals surface area contributed by atoms with Gasteiger partial charge in [-0.25, -0.2) is 12.8 Å². The molecule has 0 bridgehead atoms. The smallest absolute Gasteiger partial charge is 0.264 e. The summed E-state index contributed by atoms with van der Waals surface area (Å²) < 4.78 is 41.7. The van der Waals surface area contributed by atoms with Crippen LogP contribution < -0.4 is 4.31 Å². The molecule has 0 radical (unpaired) electrons. The molecule has 0 fully saturated rings. The molecule has 0 aliphatic rings. The molecule has 1 N–H and O–H groups in total. The van der Waals surface area contributed by atoms with Gasteiger partial charge in [0.2, 0.25) is 0 Å². The molecule has 4 nitrogen and oxygen atoms in total. The van der Waals surface area contributed by atoms with Crippen LogP contribution in [-0.2, 0) is 10.0 Å². The first-order valence-corrected chi connectivity index (χ1v) is 9.83. The zero-order valence-corrected chi connectivity index (χ0v) is 15.8. The molecule has 0 spiro atoms. The number of halogens is 3. The third-order valence-electron chi connectivity index (χ3n) is 3.70. The van der Waals surface area contributed by atoms with Gasteiger partial charge in [-0.05, 0) is 62.2 Å². The zero-order chi connectivity index (χ0) is 18.6. The molecule has 0 saturated heterocycles. The maximum Gasteiger partial charge on any atom is 0.264 e. The van der Waals surface area contributed by atoms with Gasteiger partial charge in [-0.15, -0.1) is 0 Å². The summed E-state index contributed by atoms with van der Waals surface area (Å²) in [6.07, 6.45) is 0.758. The number of sulfonamides is 1. The summed E-state index contributed by atoms with van der Waals surface area (Å²) in [5.74, 6) is -0.735. The van der Waals surface area contributed by atoms with Crippen molar-refractivity contribution in [2.45, 2.75) is 30.7 Å². The molecule has 2 rings (SSSR count). The van der Waals surface area contributed by atoms with Gasteiger partial charge in [0, 0.05) is 22.7 Å². The van der Waals surface area contributed by atoms with E-state index >= 15 is 0 Å². The average Bonchev–Trinajstić information content (AvgIpc) is 2.55. The lowest BCUT2D eigenvalue weighted by molar-refractivity contribution is 0.281. The highest BCUT2D eigenvalue weighted by Crippen LogP contribution is 2.31. The minimum atomic E-state index is -4.03. The second kappa shape index (κ2) is 8.36. The summed E-state index contributed by atoms with van der Waals surface area (Å²) in [6, 6.07) is 8.94. The Labute approximate surface area is 156 Å². The molecule has 0 saturated carbocycles. The van der Waals surface area contributed by atoms with E-state index in [1.54, 1.807) is 6.92 Å². The van der Waals surface area contributed by atoms with Crippen molar-refractivity contribution in [2.24, 2.45) is 0 Å². The summed E-state index contributed by atoms with van der Waals surface area (Å²) >= 11 is 11.6. The molecule has 0 amide bonds. The van der Waals surface area contributed by atoms with E-state index in [2.05, 4.69) is 0 Å². The molecular formula is C17H18Cl2FNO3S. The van der Waals surface area contributed by atoms with E-state index in [9.17, 15) is 12.8 Å². The number of rotatable bonds is 7. The Hall–Kier alpha value is -1.34. The van der Waals surface area contributed by atoms with E-state index in [1.165, 1.54) is 36.4 Å². The molecule has 2 aromatic carbocycles. The maximum atomic E-state index is 14.4. The third-order valence-corrected chi connectivity index (χ3v) is 6.13. The van der Waals surface area contributed by atoms with Gasteiger partial charge in [0.25, 0.3) is 10.0 Å². The SMILES string of the molecule is C[C@H](CCCO)N(c1ccc(Cl)cc1F)S(=O)(=O)c1ccc(Cl)cc1. The summed E-state index contributed by atoms with van der Waals surface area (Å²) in [6.45, 7) is 1.58. The number of hydrogen-bond donors (Lipinski definition) is 1. The minimum absolute atomic E-state index is 0.00194. The second-order valence-corrected chi connectivity index (χ2v) is 8.25. The molecule has 0 unspecified atom stereocenters. The van der Waals surface area contributed by atoms with Crippen LogP contribution in [0.2, 0.25) is 10.0 Å². The van der Waals surface area contributed by atoms with Crippen LogP contribution in [0.1, 0.15) is 19.8 Å². The van der Waals surface area contributed by atoms with Crippen LogP contribution in [0, 0.1) is 5.82 Å². The predicted molar refractivity (Wildman–Crippen MR) is 98.3 cm³/mol.